The maximum atomic E-state index is 12.6. The van der Waals surface area contributed by atoms with Gasteiger partial charge in [0.25, 0.3) is 0 Å². The molecule has 0 amide bonds. The highest BCUT2D eigenvalue weighted by Crippen LogP contribution is 2.31. The van der Waals surface area contributed by atoms with Crippen LogP contribution < -0.4 is 9.47 Å². The van der Waals surface area contributed by atoms with E-state index in [1.54, 1.807) is 37.3 Å². The van der Waals surface area contributed by atoms with Crippen molar-refractivity contribution >= 4 is 11.8 Å². The summed E-state index contributed by atoms with van der Waals surface area (Å²) >= 11 is 0. The zero-order chi connectivity index (χ0) is 21.3. The van der Waals surface area contributed by atoms with Gasteiger partial charge in [-0.05, 0) is 44.5 Å². The molecule has 30 heavy (non-hydrogen) atoms. The van der Waals surface area contributed by atoms with Gasteiger partial charge in [-0.25, -0.2) is 0 Å². The van der Waals surface area contributed by atoms with Crippen molar-refractivity contribution in [3.05, 3.63) is 58.6 Å². The first kappa shape index (κ1) is 19.8. The number of aromatic nitrogens is 2. The van der Waals surface area contributed by atoms with Gasteiger partial charge in [0.15, 0.2) is 23.9 Å². The van der Waals surface area contributed by atoms with Crippen LogP contribution in [-0.2, 0) is 16.0 Å². The van der Waals surface area contributed by atoms with E-state index < -0.39 is 5.97 Å². The van der Waals surface area contributed by atoms with Crippen LogP contribution in [0.15, 0.2) is 34.9 Å². The number of hydrogen-bond acceptors (Lipinski definition) is 7. The first-order chi connectivity index (χ1) is 14.4. The Morgan fingerprint density at radius 2 is 1.83 bits per heavy atom. The molecule has 1 aliphatic heterocycles. The van der Waals surface area contributed by atoms with Crippen molar-refractivity contribution in [3.63, 3.8) is 0 Å². The number of carbonyl (C=O) groups is 2. The number of esters is 1. The summed E-state index contributed by atoms with van der Waals surface area (Å²) in [5.41, 5.74) is 2.78. The van der Waals surface area contributed by atoms with Gasteiger partial charge in [0.2, 0.25) is 5.78 Å². The van der Waals surface area contributed by atoms with Crippen molar-refractivity contribution in [1.82, 2.24) is 9.72 Å². The maximum absolute atomic E-state index is 12.6. The molecule has 156 valence electrons. The number of ether oxygens (including phenoxy) is 3. The summed E-state index contributed by atoms with van der Waals surface area (Å²) in [4.78, 5) is 24.9. The number of fused-ring (bicyclic) bond motifs is 1. The van der Waals surface area contributed by atoms with E-state index >= 15 is 0 Å². The van der Waals surface area contributed by atoms with E-state index in [4.69, 9.17) is 18.7 Å². The van der Waals surface area contributed by atoms with Crippen LogP contribution in [0.1, 0.15) is 33.1 Å². The number of rotatable bonds is 6. The standard InChI is InChI=1S/C22H22N2O6/c1-13-8-17(15(3)24(13)21-9-14(2)30-23-21)18(25)12-29-22(26)11-16-4-5-19-20(10-16)28-7-6-27-19/h4-5,8-10H,6-7,11-12H2,1-3H3. The monoisotopic (exact) mass is 410 g/mol. The number of aryl methyl sites for hydroxylation is 2. The van der Waals surface area contributed by atoms with E-state index in [1.165, 1.54) is 0 Å². The number of nitrogens with zero attached hydrogens (tertiary/aromatic N) is 2. The van der Waals surface area contributed by atoms with Crippen molar-refractivity contribution in [2.75, 3.05) is 19.8 Å². The fourth-order valence-electron chi connectivity index (χ4n) is 3.50. The SMILES string of the molecule is Cc1cc(-n2c(C)cc(C(=O)COC(=O)Cc3ccc4c(c3)OCCO4)c2C)no1. The molecule has 1 aliphatic rings. The van der Waals surface area contributed by atoms with E-state index in [2.05, 4.69) is 5.16 Å². The minimum Gasteiger partial charge on any atom is -0.486 e. The smallest absolute Gasteiger partial charge is 0.310 e. The van der Waals surface area contributed by atoms with Crippen molar-refractivity contribution in [3.8, 4) is 17.3 Å². The Kier molecular flexibility index (Phi) is 5.31. The molecule has 8 heteroatoms. The third-order valence-electron chi connectivity index (χ3n) is 4.90. The molecule has 0 bridgehead atoms. The molecule has 0 atom stereocenters. The van der Waals surface area contributed by atoms with Crippen LogP contribution >= 0.6 is 0 Å². The molecule has 0 spiro atoms. The van der Waals surface area contributed by atoms with Crippen molar-refractivity contribution in [1.29, 1.82) is 0 Å². The molecule has 0 saturated heterocycles. The summed E-state index contributed by atoms with van der Waals surface area (Å²) in [6.45, 7) is 6.15. The summed E-state index contributed by atoms with van der Waals surface area (Å²) in [5, 5.41) is 4.00. The highest BCUT2D eigenvalue weighted by Gasteiger charge is 2.20. The molecule has 8 nitrogen and oxygen atoms in total. The zero-order valence-electron chi connectivity index (χ0n) is 17.1. The number of ketones is 1. The molecular formula is C22H22N2O6. The number of Topliss-reactive ketones (excluding diaryl/α,β-unsaturated/α-hetero) is 1. The summed E-state index contributed by atoms with van der Waals surface area (Å²) in [6.07, 6.45) is 0.0428. The number of benzene rings is 1. The molecule has 0 aliphatic carbocycles. The van der Waals surface area contributed by atoms with E-state index in [0.29, 0.717) is 47.5 Å². The second-order valence-electron chi connectivity index (χ2n) is 7.15. The van der Waals surface area contributed by atoms with Gasteiger partial charge in [0, 0.05) is 23.0 Å². The van der Waals surface area contributed by atoms with Crippen LogP contribution in [0.4, 0.5) is 0 Å². The predicted octanol–water partition coefficient (Wildman–Crippen LogP) is 3.13. The number of carbonyl (C=O) groups excluding carboxylic acids is 2. The normalized spacial score (nSPS) is 12.6. The molecule has 0 N–H and O–H groups in total. The van der Waals surface area contributed by atoms with Gasteiger partial charge in [-0.3, -0.25) is 14.2 Å². The Balaban J connectivity index is 1.39. The Hall–Kier alpha value is -3.55. The Bertz CT molecular complexity index is 1110. The molecule has 1 aromatic carbocycles. The fraction of sp³-hybridized carbons (Fsp3) is 0.318. The van der Waals surface area contributed by atoms with Gasteiger partial charge in [0.1, 0.15) is 19.0 Å². The molecule has 2 aromatic heterocycles. The molecule has 0 radical (unpaired) electrons. The fourth-order valence-corrected chi connectivity index (χ4v) is 3.50. The van der Waals surface area contributed by atoms with Gasteiger partial charge in [-0.1, -0.05) is 11.2 Å². The second kappa shape index (κ2) is 8.06. The molecule has 0 unspecified atom stereocenters. The lowest BCUT2D eigenvalue weighted by Crippen LogP contribution is -2.17. The highest BCUT2D eigenvalue weighted by molar-refractivity contribution is 5.99. The average molecular weight is 410 g/mol. The van der Waals surface area contributed by atoms with Crippen molar-refractivity contribution in [2.24, 2.45) is 0 Å². The maximum Gasteiger partial charge on any atom is 0.310 e. The molecular weight excluding hydrogens is 388 g/mol. The molecule has 3 heterocycles. The van der Waals surface area contributed by atoms with Gasteiger partial charge in [0.05, 0.1) is 6.42 Å². The first-order valence-electron chi connectivity index (χ1n) is 9.62. The van der Waals surface area contributed by atoms with Gasteiger partial charge in [-0.15, -0.1) is 0 Å². The van der Waals surface area contributed by atoms with Crippen LogP contribution in [0.25, 0.3) is 5.82 Å². The molecule has 0 saturated carbocycles. The van der Waals surface area contributed by atoms with Crippen molar-refractivity contribution in [2.45, 2.75) is 27.2 Å². The van der Waals surface area contributed by atoms with Gasteiger partial charge in [-0.2, -0.15) is 0 Å². The van der Waals surface area contributed by atoms with Crippen LogP contribution in [0.5, 0.6) is 11.5 Å². The summed E-state index contributed by atoms with van der Waals surface area (Å²) in [5.74, 6) is 1.80. The van der Waals surface area contributed by atoms with E-state index in [1.807, 2.05) is 18.4 Å². The third-order valence-corrected chi connectivity index (χ3v) is 4.90. The minimum atomic E-state index is -0.485. The molecule has 0 fully saturated rings. The molecule has 3 aromatic rings. The quantitative estimate of drug-likeness (QED) is 0.455. The summed E-state index contributed by atoms with van der Waals surface area (Å²) in [7, 11) is 0. The van der Waals surface area contributed by atoms with Crippen LogP contribution in [0.2, 0.25) is 0 Å². The van der Waals surface area contributed by atoms with E-state index in [9.17, 15) is 9.59 Å². The van der Waals surface area contributed by atoms with Crippen LogP contribution in [0.3, 0.4) is 0 Å². The average Bonchev–Trinajstić information content (AvgIpc) is 3.28. The van der Waals surface area contributed by atoms with E-state index in [-0.39, 0.29) is 18.8 Å². The second-order valence-corrected chi connectivity index (χ2v) is 7.15. The summed E-state index contributed by atoms with van der Waals surface area (Å²) in [6, 6.07) is 8.86. The van der Waals surface area contributed by atoms with E-state index in [0.717, 1.165) is 11.3 Å². The van der Waals surface area contributed by atoms with Crippen LogP contribution in [0, 0.1) is 20.8 Å². The first-order valence-corrected chi connectivity index (χ1v) is 9.62. The van der Waals surface area contributed by atoms with Gasteiger partial charge >= 0.3 is 5.97 Å². The Morgan fingerprint density at radius 3 is 2.57 bits per heavy atom. The Morgan fingerprint density at radius 1 is 1.07 bits per heavy atom. The van der Waals surface area contributed by atoms with Crippen LogP contribution in [-0.4, -0.2) is 41.3 Å². The number of hydrogen-bond donors (Lipinski definition) is 0. The molecule has 4 rings (SSSR count). The lowest BCUT2D eigenvalue weighted by Gasteiger charge is -2.18. The Labute approximate surface area is 173 Å². The lowest BCUT2D eigenvalue weighted by atomic mass is 10.1. The predicted molar refractivity (Wildman–Crippen MR) is 106 cm³/mol. The third kappa shape index (κ3) is 3.94. The van der Waals surface area contributed by atoms with Crippen molar-refractivity contribution < 1.29 is 28.3 Å². The topological polar surface area (TPSA) is 92.8 Å². The largest absolute Gasteiger partial charge is 0.486 e. The summed E-state index contributed by atoms with van der Waals surface area (Å²) < 4.78 is 23.2. The van der Waals surface area contributed by atoms with Gasteiger partial charge < -0.3 is 18.7 Å². The lowest BCUT2D eigenvalue weighted by molar-refractivity contribution is -0.141. The minimum absolute atomic E-state index is 0.0428. The highest BCUT2D eigenvalue weighted by atomic mass is 16.6. The zero-order valence-corrected chi connectivity index (χ0v) is 17.1.